The smallest absolute Gasteiger partial charge is 0.226 e. The molecule has 0 radical (unpaired) electrons. The zero-order valence-electron chi connectivity index (χ0n) is 10.2. The Balaban J connectivity index is 1.90. The molecule has 0 atom stereocenters. The van der Waals surface area contributed by atoms with Crippen LogP contribution in [0.25, 0.3) is 0 Å². The van der Waals surface area contributed by atoms with E-state index in [0.717, 1.165) is 18.7 Å². The van der Waals surface area contributed by atoms with Gasteiger partial charge in [-0.05, 0) is 19.3 Å². The van der Waals surface area contributed by atoms with Crippen LogP contribution in [0.5, 0.6) is 0 Å². The van der Waals surface area contributed by atoms with Gasteiger partial charge in [0.15, 0.2) is 5.82 Å². The number of rotatable bonds is 4. The second-order valence-electron chi connectivity index (χ2n) is 4.75. The topological polar surface area (TPSA) is 62.7 Å². The SMILES string of the molecule is N#CCCCc1nc(C2CCCCCC2)no1. The van der Waals surface area contributed by atoms with E-state index in [4.69, 9.17) is 9.78 Å². The van der Waals surface area contributed by atoms with E-state index < -0.39 is 0 Å². The fourth-order valence-corrected chi connectivity index (χ4v) is 2.39. The molecule has 0 bridgehead atoms. The van der Waals surface area contributed by atoms with Gasteiger partial charge in [0.05, 0.1) is 6.07 Å². The zero-order chi connectivity index (χ0) is 11.9. The summed E-state index contributed by atoms with van der Waals surface area (Å²) in [5.41, 5.74) is 0. The lowest BCUT2D eigenvalue weighted by molar-refractivity contribution is 0.365. The molecule has 1 saturated carbocycles. The number of aryl methyl sites for hydroxylation is 1. The maximum Gasteiger partial charge on any atom is 0.226 e. The Morgan fingerprint density at radius 2 is 2.00 bits per heavy atom. The minimum absolute atomic E-state index is 0.492. The summed E-state index contributed by atoms with van der Waals surface area (Å²) in [6.45, 7) is 0. The molecule has 1 fully saturated rings. The van der Waals surface area contributed by atoms with Crippen LogP contribution in [0.2, 0.25) is 0 Å². The Morgan fingerprint density at radius 1 is 1.24 bits per heavy atom. The Hall–Kier alpha value is -1.37. The third kappa shape index (κ3) is 3.55. The van der Waals surface area contributed by atoms with Crippen LogP contribution in [0.4, 0.5) is 0 Å². The third-order valence-corrected chi connectivity index (χ3v) is 3.38. The van der Waals surface area contributed by atoms with E-state index >= 15 is 0 Å². The average molecular weight is 233 g/mol. The number of aromatic nitrogens is 2. The molecule has 2 rings (SSSR count). The molecule has 0 unspecified atom stereocenters. The quantitative estimate of drug-likeness (QED) is 0.591. The van der Waals surface area contributed by atoms with E-state index in [1.807, 2.05) is 0 Å². The number of nitriles is 1. The Labute approximate surface area is 102 Å². The van der Waals surface area contributed by atoms with Gasteiger partial charge in [0.25, 0.3) is 0 Å². The van der Waals surface area contributed by atoms with Crippen LogP contribution in [0.3, 0.4) is 0 Å². The van der Waals surface area contributed by atoms with Gasteiger partial charge in [-0.1, -0.05) is 30.8 Å². The molecule has 17 heavy (non-hydrogen) atoms. The van der Waals surface area contributed by atoms with Gasteiger partial charge in [-0.15, -0.1) is 0 Å². The van der Waals surface area contributed by atoms with Crippen molar-refractivity contribution in [2.24, 2.45) is 0 Å². The highest BCUT2D eigenvalue weighted by Crippen LogP contribution is 2.29. The molecular weight excluding hydrogens is 214 g/mol. The lowest BCUT2D eigenvalue weighted by Crippen LogP contribution is -1.99. The average Bonchev–Trinajstić information content (AvgIpc) is 2.64. The van der Waals surface area contributed by atoms with Crippen molar-refractivity contribution in [2.75, 3.05) is 0 Å². The molecule has 4 nitrogen and oxygen atoms in total. The van der Waals surface area contributed by atoms with Crippen molar-refractivity contribution in [3.05, 3.63) is 11.7 Å². The second kappa shape index (κ2) is 6.39. The Bertz CT molecular complexity index is 372. The molecule has 1 aliphatic rings. The predicted molar refractivity (Wildman–Crippen MR) is 63.3 cm³/mol. The van der Waals surface area contributed by atoms with Crippen molar-refractivity contribution in [3.63, 3.8) is 0 Å². The molecule has 1 aliphatic carbocycles. The van der Waals surface area contributed by atoms with Crippen LogP contribution < -0.4 is 0 Å². The summed E-state index contributed by atoms with van der Waals surface area (Å²) in [7, 11) is 0. The first-order valence-electron chi connectivity index (χ1n) is 6.59. The van der Waals surface area contributed by atoms with Gasteiger partial charge in [0, 0.05) is 18.8 Å². The standard InChI is InChI=1S/C13H19N3O/c14-10-6-5-9-12-15-13(16-17-12)11-7-3-1-2-4-8-11/h11H,1-9H2. The fraction of sp³-hybridized carbons (Fsp3) is 0.769. The third-order valence-electron chi connectivity index (χ3n) is 3.38. The first kappa shape index (κ1) is 12.1. The van der Waals surface area contributed by atoms with Crippen LogP contribution in [0, 0.1) is 11.3 Å². The van der Waals surface area contributed by atoms with E-state index in [1.54, 1.807) is 0 Å². The molecule has 0 saturated heterocycles. The molecule has 1 aromatic rings. The molecule has 1 aromatic heterocycles. The molecule has 1 heterocycles. The zero-order valence-corrected chi connectivity index (χ0v) is 10.2. The van der Waals surface area contributed by atoms with Crippen LogP contribution in [-0.4, -0.2) is 10.1 Å². The van der Waals surface area contributed by atoms with Crippen molar-refractivity contribution in [2.45, 2.75) is 63.7 Å². The summed E-state index contributed by atoms with van der Waals surface area (Å²) >= 11 is 0. The van der Waals surface area contributed by atoms with Gasteiger partial charge < -0.3 is 4.52 Å². The molecule has 92 valence electrons. The lowest BCUT2D eigenvalue weighted by atomic mass is 10.00. The summed E-state index contributed by atoms with van der Waals surface area (Å²) in [6, 6.07) is 2.13. The maximum atomic E-state index is 8.47. The molecule has 0 N–H and O–H groups in total. The van der Waals surface area contributed by atoms with Crippen molar-refractivity contribution >= 4 is 0 Å². The first-order chi connectivity index (χ1) is 8.40. The molecule has 0 aliphatic heterocycles. The Morgan fingerprint density at radius 3 is 2.71 bits per heavy atom. The van der Waals surface area contributed by atoms with Crippen LogP contribution in [0.15, 0.2) is 4.52 Å². The van der Waals surface area contributed by atoms with E-state index in [-0.39, 0.29) is 0 Å². The summed E-state index contributed by atoms with van der Waals surface area (Å²) in [6.07, 6.45) is 9.71. The van der Waals surface area contributed by atoms with E-state index in [2.05, 4.69) is 16.2 Å². The summed E-state index contributed by atoms with van der Waals surface area (Å²) in [4.78, 5) is 4.46. The Kier molecular flexibility index (Phi) is 4.54. The van der Waals surface area contributed by atoms with Gasteiger partial charge in [0.1, 0.15) is 0 Å². The molecule has 0 spiro atoms. The normalized spacial score (nSPS) is 17.6. The minimum Gasteiger partial charge on any atom is -0.339 e. The predicted octanol–water partition coefficient (Wildman–Crippen LogP) is 3.35. The highest BCUT2D eigenvalue weighted by atomic mass is 16.5. The van der Waals surface area contributed by atoms with Gasteiger partial charge in [-0.2, -0.15) is 10.2 Å². The van der Waals surface area contributed by atoms with Crippen LogP contribution >= 0.6 is 0 Å². The van der Waals surface area contributed by atoms with Gasteiger partial charge in [-0.25, -0.2) is 0 Å². The molecular formula is C13H19N3O. The van der Waals surface area contributed by atoms with Gasteiger partial charge in [-0.3, -0.25) is 0 Å². The van der Waals surface area contributed by atoms with E-state index in [0.29, 0.717) is 18.2 Å². The maximum absolute atomic E-state index is 8.47. The van der Waals surface area contributed by atoms with Crippen molar-refractivity contribution in [3.8, 4) is 6.07 Å². The van der Waals surface area contributed by atoms with Crippen molar-refractivity contribution in [1.82, 2.24) is 10.1 Å². The highest BCUT2D eigenvalue weighted by Gasteiger charge is 2.19. The van der Waals surface area contributed by atoms with E-state index in [9.17, 15) is 0 Å². The van der Waals surface area contributed by atoms with Gasteiger partial charge in [0.2, 0.25) is 5.89 Å². The number of hydrogen-bond donors (Lipinski definition) is 0. The van der Waals surface area contributed by atoms with E-state index in [1.165, 1.54) is 38.5 Å². The number of nitrogens with zero attached hydrogens (tertiary/aromatic N) is 3. The summed E-state index contributed by atoms with van der Waals surface area (Å²) in [5, 5.41) is 12.6. The number of hydrogen-bond acceptors (Lipinski definition) is 4. The fourth-order valence-electron chi connectivity index (χ4n) is 2.39. The second-order valence-corrected chi connectivity index (χ2v) is 4.75. The monoisotopic (exact) mass is 233 g/mol. The molecule has 4 heteroatoms. The van der Waals surface area contributed by atoms with Crippen molar-refractivity contribution < 1.29 is 4.52 Å². The highest BCUT2D eigenvalue weighted by molar-refractivity contribution is 4.96. The molecule has 0 aromatic carbocycles. The van der Waals surface area contributed by atoms with Gasteiger partial charge >= 0.3 is 0 Å². The number of unbranched alkanes of at least 4 members (excludes halogenated alkanes) is 1. The summed E-state index contributed by atoms with van der Waals surface area (Å²) < 4.78 is 5.23. The van der Waals surface area contributed by atoms with Crippen LogP contribution in [0.1, 0.15) is 69.0 Å². The largest absolute Gasteiger partial charge is 0.339 e. The summed E-state index contributed by atoms with van der Waals surface area (Å²) in [5.74, 6) is 2.07. The minimum atomic E-state index is 0.492. The lowest BCUT2D eigenvalue weighted by Gasteiger charge is -2.07. The first-order valence-corrected chi connectivity index (χ1v) is 6.59. The molecule has 0 amide bonds. The van der Waals surface area contributed by atoms with Crippen LogP contribution in [-0.2, 0) is 6.42 Å². The van der Waals surface area contributed by atoms with Crippen molar-refractivity contribution in [1.29, 1.82) is 5.26 Å².